The van der Waals surface area contributed by atoms with Crippen molar-refractivity contribution >= 4 is 17.3 Å². The zero-order valence-electron chi connectivity index (χ0n) is 12.7. The fourth-order valence-corrected chi connectivity index (χ4v) is 2.67. The average molecular weight is 332 g/mol. The van der Waals surface area contributed by atoms with Crippen LogP contribution < -0.4 is 15.8 Å². The molecule has 0 saturated heterocycles. The lowest BCUT2D eigenvalue weighted by Gasteiger charge is -2.21. The molecule has 1 atom stereocenters. The van der Waals surface area contributed by atoms with Gasteiger partial charge in [-0.1, -0.05) is 0 Å². The van der Waals surface area contributed by atoms with Gasteiger partial charge in [-0.2, -0.15) is 0 Å². The molecule has 0 amide bonds. The molecule has 8 heteroatoms. The smallest absolute Gasteiger partial charge is 0.337 e. The molecule has 1 aliphatic rings. The SMILES string of the molecule is O=C(O)c1ccncc1NC1NN(CCCO)c2ccc(F)cc21. The van der Waals surface area contributed by atoms with Crippen LogP contribution in [-0.4, -0.2) is 34.3 Å². The molecule has 3 rings (SSSR count). The zero-order valence-corrected chi connectivity index (χ0v) is 12.7. The summed E-state index contributed by atoms with van der Waals surface area (Å²) in [6, 6.07) is 5.81. The predicted octanol–water partition coefficient (Wildman–Crippen LogP) is 1.74. The van der Waals surface area contributed by atoms with Crippen molar-refractivity contribution in [2.24, 2.45) is 0 Å². The predicted molar refractivity (Wildman–Crippen MR) is 86.1 cm³/mol. The van der Waals surface area contributed by atoms with E-state index in [1.165, 1.54) is 30.6 Å². The van der Waals surface area contributed by atoms with Crippen LogP contribution in [0.5, 0.6) is 0 Å². The number of benzene rings is 1. The summed E-state index contributed by atoms with van der Waals surface area (Å²) in [6.07, 6.45) is 2.86. The Morgan fingerprint density at radius 3 is 3.00 bits per heavy atom. The van der Waals surface area contributed by atoms with Crippen molar-refractivity contribution in [2.45, 2.75) is 12.6 Å². The van der Waals surface area contributed by atoms with Crippen LogP contribution in [0.1, 0.15) is 28.5 Å². The van der Waals surface area contributed by atoms with Crippen LogP contribution in [0.3, 0.4) is 0 Å². The highest BCUT2D eigenvalue weighted by atomic mass is 19.1. The third-order valence-electron chi connectivity index (χ3n) is 3.77. The first-order valence-electron chi connectivity index (χ1n) is 7.48. The van der Waals surface area contributed by atoms with Crippen molar-refractivity contribution in [1.29, 1.82) is 0 Å². The van der Waals surface area contributed by atoms with E-state index in [2.05, 4.69) is 15.7 Å². The van der Waals surface area contributed by atoms with Gasteiger partial charge >= 0.3 is 5.97 Å². The Labute approximate surface area is 137 Å². The van der Waals surface area contributed by atoms with Gasteiger partial charge < -0.3 is 20.5 Å². The molecule has 0 aliphatic carbocycles. The maximum absolute atomic E-state index is 13.6. The summed E-state index contributed by atoms with van der Waals surface area (Å²) in [7, 11) is 0. The highest BCUT2D eigenvalue weighted by Crippen LogP contribution is 2.34. The number of pyridine rings is 1. The van der Waals surface area contributed by atoms with E-state index in [1.807, 2.05) is 0 Å². The van der Waals surface area contributed by atoms with Crippen LogP contribution in [0.15, 0.2) is 36.7 Å². The standard InChI is InChI=1S/C16H17FN4O3/c17-10-2-3-14-12(8-10)15(20-21(14)6-1-7-22)19-13-9-18-5-4-11(13)16(23)24/h2-5,8-9,15,19-20,22H,1,6-7H2,(H,23,24). The van der Waals surface area contributed by atoms with Crippen molar-refractivity contribution in [3.8, 4) is 0 Å². The quantitative estimate of drug-likeness (QED) is 0.639. The van der Waals surface area contributed by atoms with Crippen molar-refractivity contribution in [3.05, 3.63) is 53.6 Å². The van der Waals surface area contributed by atoms with E-state index < -0.39 is 12.1 Å². The first-order chi connectivity index (χ1) is 11.6. The number of hydrogen-bond acceptors (Lipinski definition) is 6. The summed E-state index contributed by atoms with van der Waals surface area (Å²) >= 11 is 0. The van der Waals surface area contributed by atoms with E-state index in [0.29, 0.717) is 24.2 Å². The number of halogens is 1. The summed E-state index contributed by atoms with van der Waals surface area (Å²) < 4.78 is 13.6. The van der Waals surface area contributed by atoms with Crippen molar-refractivity contribution in [2.75, 3.05) is 23.5 Å². The number of fused-ring (bicyclic) bond motifs is 1. The van der Waals surface area contributed by atoms with E-state index in [4.69, 9.17) is 5.11 Å². The van der Waals surface area contributed by atoms with Gasteiger partial charge in [0.25, 0.3) is 0 Å². The van der Waals surface area contributed by atoms with Gasteiger partial charge in [0, 0.05) is 24.9 Å². The number of aliphatic hydroxyl groups is 1. The summed E-state index contributed by atoms with van der Waals surface area (Å²) in [5.74, 6) is -1.45. The van der Waals surface area contributed by atoms with E-state index in [1.54, 1.807) is 11.1 Å². The Bertz CT molecular complexity index is 756. The minimum atomic E-state index is -1.07. The maximum atomic E-state index is 13.6. The Morgan fingerprint density at radius 2 is 2.25 bits per heavy atom. The molecule has 2 aromatic rings. The lowest BCUT2D eigenvalue weighted by atomic mass is 10.1. The van der Waals surface area contributed by atoms with Gasteiger partial charge in [0.1, 0.15) is 12.0 Å². The molecule has 1 unspecified atom stereocenters. The summed E-state index contributed by atoms with van der Waals surface area (Å²) in [5.41, 5.74) is 5.01. The molecule has 24 heavy (non-hydrogen) atoms. The second-order valence-corrected chi connectivity index (χ2v) is 5.36. The van der Waals surface area contributed by atoms with Gasteiger partial charge in [-0.05, 0) is 30.7 Å². The molecule has 7 nitrogen and oxygen atoms in total. The number of aromatic nitrogens is 1. The number of carboxylic acids is 1. The van der Waals surface area contributed by atoms with Gasteiger partial charge in [-0.15, -0.1) is 0 Å². The molecule has 0 fully saturated rings. The Morgan fingerprint density at radius 1 is 1.42 bits per heavy atom. The molecule has 1 aliphatic heterocycles. The van der Waals surface area contributed by atoms with E-state index in [-0.39, 0.29) is 18.0 Å². The first-order valence-corrected chi connectivity index (χ1v) is 7.48. The number of hydrogen-bond donors (Lipinski definition) is 4. The fraction of sp³-hybridized carbons (Fsp3) is 0.250. The molecule has 1 aromatic carbocycles. The Kier molecular flexibility index (Phi) is 4.59. The van der Waals surface area contributed by atoms with E-state index >= 15 is 0 Å². The lowest BCUT2D eigenvalue weighted by Crippen LogP contribution is -2.38. The Balaban J connectivity index is 1.90. The Hall–Kier alpha value is -2.71. The molecule has 0 spiro atoms. The third kappa shape index (κ3) is 3.15. The second-order valence-electron chi connectivity index (χ2n) is 5.36. The maximum Gasteiger partial charge on any atom is 0.337 e. The van der Waals surface area contributed by atoms with Crippen LogP contribution in [0.4, 0.5) is 15.8 Å². The van der Waals surface area contributed by atoms with Gasteiger partial charge in [0.15, 0.2) is 0 Å². The molecule has 2 heterocycles. The first kappa shape index (κ1) is 16.2. The molecule has 4 N–H and O–H groups in total. The lowest BCUT2D eigenvalue weighted by molar-refractivity contribution is 0.0697. The number of aliphatic hydroxyl groups excluding tert-OH is 1. The molecule has 0 bridgehead atoms. The van der Waals surface area contributed by atoms with Crippen molar-refractivity contribution < 1.29 is 19.4 Å². The van der Waals surface area contributed by atoms with Crippen molar-refractivity contribution in [3.63, 3.8) is 0 Å². The van der Waals surface area contributed by atoms with E-state index in [0.717, 1.165) is 5.69 Å². The summed E-state index contributed by atoms with van der Waals surface area (Å²) in [5, 5.41) is 23.1. The average Bonchev–Trinajstić information content (AvgIpc) is 2.90. The van der Waals surface area contributed by atoms with Crippen LogP contribution in [0.25, 0.3) is 0 Å². The van der Waals surface area contributed by atoms with Gasteiger partial charge in [0.05, 0.1) is 23.1 Å². The molecule has 1 aromatic heterocycles. The normalized spacial score (nSPS) is 16.1. The van der Waals surface area contributed by atoms with E-state index in [9.17, 15) is 14.3 Å². The molecule has 0 radical (unpaired) electrons. The minimum Gasteiger partial charge on any atom is -0.478 e. The van der Waals surface area contributed by atoms with Crippen molar-refractivity contribution in [1.82, 2.24) is 10.4 Å². The number of carboxylic acid groups (broad SMARTS) is 1. The van der Waals surface area contributed by atoms with Gasteiger partial charge in [0.2, 0.25) is 0 Å². The number of anilines is 2. The van der Waals surface area contributed by atoms with Gasteiger partial charge in [-0.25, -0.2) is 14.6 Å². The summed E-state index contributed by atoms with van der Waals surface area (Å²) in [6.45, 7) is 0.574. The van der Waals surface area contributed by atoms with Crippen LogP contribution >= 0.6 is 0 Å². The zero-order chi connectivity index (χ0) is 17.1. The molecule has 0 saturated carbocycles. The third-order valence-corrected chi connectivity index (χ3v) is 3.77. The monoisotopic (exact) mass is 332 g/mol. The number of nitrogens with one attached hydrogen (secondary N) is 2. The largest absolute Gasteiger partial charge is 0.478 e. The highest BCUT2D eigenvalue weighted by molar-refractivity contribution is 5.94. The topological polar surface area (TPSA) is 97.7 Å². The fourth-order valence-electron chi connectivity index (χ4n) is 2.67. The summed E-state index contributed by atoms with van der Waals surface area (Å²) in [4.78, 5) is 15.3. The number of aromatic carboxylic acids is 1. The van der Waals surface area contributed by atoms with Crippen LogP contribution in [-0.2, 0) is 0 Å². The van der Waals surface area contributed by atoms with Crippen LogP contribution in [0, 0.1) is 5.82 Å². The highest BCUT2D eigenvalue weighted by Gasteiger charge is 2.29. The minimum absolute atomic E-state index is 0.0402. The second kappa shape index (κ2) is 6.81. The number of carbonyl (C=O) groups is 1. The number of rotatable bonds is 6. The molecule has 126 valence electrons. The van der Waals surface area contributed by atoms with Crippen LogP contribution in [0.2, 0.25) is 0 Å². The number of hydrazine groups is 1. The van der Waals surface area contributed by atoms with Gasteiger partial charge in [-0.3, -0.25) is 4.98 Å². The number of nitrogens with zero attached hydrogens (tertiary/aromatic N) is 2. The molecular weight excluding hydrogens is 315 g/mol. The molecular formula is C16H17FN4O3.